The zero-order chi connectivity index (χ0) is 22.5. The summed E-state index contributed by atoms with van der Waals surface area (Å²) < 4.78 is 5.67. The van der Waals surface area contributed by atoms with Crippen LogP contribution in [0.15, 0.2) is 42.5 Å². The van der Waals surface area contributed by atoms with Gasteiger partial charge in [-0.1, -0.05) is 13.3 Å². The van der Waals surface area contributed by atoms with Crippen LogP contribution in [0, 0.1) is 10.1 Å². The molecular formula is C24H30N4O4. The number of nitrogens with one attached hydrogen (secondary N) is 1. The number of nitrogens with zero attached hydrogens (tertiary/aromatic N) is 3. The molecule has 2 fully saturated rings. The van der Waals surface area contributed by atoms with Crippen molar-refractivity contribution in [2.75, 3.05) is 43.0 Å². The summed E-state index contributed by atoms with van der Waals surface area (Å²) in [5.74, 6) is 0.804. The summed E-state index contributed by atoms with van der Waals surface area (Å²) in [5.41, 5.74) is 2.29. The molecule has 0 spiro atoms. The molecule has 0 atom stereocenters. The van der Waals surface area contributed by atoms with Gasteiger partial charge in [-0.2, -0.15) is 0 Å². The predicted octanol–water partition coefficient (Wildman–Crippen LogP) is 4.31. The zero-order valence-corrected chi connectivity index (χ0v) is 18.5. The van der Waals surface area contributed by atoms with Crippen LogP contribution in [0.25, 0.3) is 0 Å². The van der Waals surface area contributed by atoms with E-state index in [0.29, 0.717) is 50.1 Å². The number of unbranched alkanes of at least 4 members (excludes halogenated alkanes) is 1. The van der Waals surface area contributed by atoms with E-state index in [2.05, 4.69) is 17.1 Å². The first-order valence-corrected chi connectivity index (χ1v) is 11.4. The Kier molecular flexibility index (Phi) is 6.78. The fourth-order valence-corrected chi connectivity index (χ4v) is 3.82. The van der Waals surface area contributed by atoms with Crippen molar-refractivity contribution in [1.29, 1.82) is 0 Å². The second-order valence-electron chi connectivity index (χ2n) is 8.38. The number of anilines is 2. The third-order valence-electron chi connectivity index (χ3n) is 5.91. The van der Waals surface area contributed by atoms with Crippen molar-refractivity contribution in [1.82, 2.24) is 4.90 Å². The van der Waals surface area contributed by atoms with Crippen molar-refractivity contribution in [3.05, 3.63) is 58.1 Å². The summed E-state index contributed by atoms with van der Waals surface area (Å²) >= 11 is 0. The minimum atomic E-state index is -0.342. The van der Waals surface area contributed by atoms with Gasteiger partial charge in [-0.25, -0.2) is 0 Å². The Hall–Kier alpha value is -3.29. The number of hydrogen-bond acceptors (Lipinski definition) is 6. The molecule has 4 rings (SSSR count). The molecule has 1 aliphatic heterocycles. The van der Waals surface area contributed by atoms with Gasteiger partial charge in [0.1, 0.15) is 11.4 Å². The number of ether oxygens (including phenoxy) is 1. The van der Waals surface area contributed by atoms with Gasteiger partial charge in [-0.05, 0) is 55.7 Å². The van der Waals surface area contributed by atoms with Crippen molar-refractivity contribution in [3.63, 3.8) is 0 Å². The highest BCUT2D eigenvalue weighted by molar-refractivity contribution is 5.94. The molecule has 8 nitrogen and oxygen atoms in total. The third kappa shape index (κ3) is 5.30. The Bertz CT molecular complexity index is 951. The van der Waals surface area contributed by atoms with Crippen molar-refractivity contribution < 1.29 is 14.5 Å². The lowest BCUT2D eigenvalue weighted by atomic mass is 10.1. The van der Waals surface area contributed by atoms with Crippen LogP contribution in [0.5, 0.6) is 5.75 Å². The monoisotopic (exact) mass is 438 g/mol. The van der Waals surface area contributed by atoms with Crippen molar-refractivity contribution >= 4 is 23.0 Å². The number of carbonyl (C=O) groups excluding carboxylic acids is 1. The number of carbonyl (C=O) groups is 1. The van der Waals surface area contributed by atoms with Gasteiger partial charge in [0.15, 0.2) is 0 Å². The number of nitro groups is 1. The van der Waals surface area contributed by atoms with Gasteiger partial charge >= 0.3 is 0 Å². The Morgan fingerprint density at radius 2 is 1.84 bits per heavy atom. The lowest BCUT2D eigenvalue weighted by molar-refractivity contribution is -0.384. The standard InChI is InChI=1S/C24H30N4O4/c1-2-3-16-32-21-9-4-18(5-10-21)24(29)27-14-12-26(13-15-27)20-8-11-23(28(30)31)22(17-20)25-19-6-7-19/h4-5,8-11,17,19,25H,2-3,6-7,12-16H2,1H3. The smallest absolute Gasteiger partial charge is 0.292 e. The van der Waals surface area contributed by atoms with Crippen LogP contribution in [0.2, 0.25) is 0 Å². The van der Waals surface area contributed by atoms with Crippen LogP contribution in [0.4, 0.5) is 17.1 Å². The molecule has 0 bridgehead atoms. The van der Waals surface area contributed by atoms with E-state index in [-0.39, 0.29) is 16.5 Å². The molecule has 1 N–H and O–H groups in total. The maximum Gasteiger partial charge on any atom is 0.292 e. The molecule has 2 aliphatic rings. The van der Waals surface area contributed by atoms with Gasteiger partial charge in [0, 0.05) is 49.5 Å². The minimum Gasteiger partial charge on any atom is -0.494 e. The third-order valence-corrected chi connectivity index (χ3v) is 5.91. The summed E-state index contributed by atoms with van der Waals surface area (Å²) in [6.45, 7) is 5.39. The normalized spacial score (nSPS) is 16.0. The van der Waals surface area contributed by atoms with E-state index < -0.39 is 0 Å². The van der Waals surface area contributed by atoms with E-state index >= 15 is 0 Å². The number of nitro benzene ring substituents is 1. The number of piperazine rings is 1. The SMILES string of the molecule is CCCCOc1ccc(C(=O)N2CCN(c3ccc([N+](=O)[O-])c(NC4CC4)c3)CC2)cc1. The molecule has 2 aromatic rings. The van der Waals surface area contributed by atoms with E-state index in [4.69, 9.17) is 4.74 Å². The number of hydrogen-bond donors (Lipinski definition) is 1. The maximum absolute atomic E-state index is 12.9. The summed E-state index contributed by atoms with van der Waals surface area (Å²) in [4.78, 5) is 27.9. The minimum absolute atomic E-state index is 0.0181. The molecule has 1 saturated heterocycles. The molecule has 1 amide bonds. The van der Waals surface area contributed by atoms with Crippen molar-refractivity contribution in [3.8, 4) is 5.75 Å². The van der Waals surface area contributed by atoms with Crippen molar-refractivity contribution in [2.24, 2.45) is 0 Å². The van der Waals surface area contributed by atoms with Gasteiger partial charge in [0.05, 0.1) is 11.5 Å². The fourth-order valence-electron chi connectivity index (χ4n) is 3.82. The van der Waals surface area contributed by atoms with Gasteiger partial charge < -0.3 is 19.9 Å². The van der Waals surface area contributed by atoms with E-state index in [1.54, 1.807) is 12.1 Å². The fraction of sp³-hybridized carbons (Fsp3) is 0.458. The molecule has 1 heterocycles. The van der Waals surface area contributed by atoms with Crippen LogP contribution in [0.1, 0.15) is 43.0 Å². The Labute approximate surface area is 188 Å². The molecule has 0 unspecified atom stereocenters. The second kappa shape index (κ2) is 9.89. The van der Waals surface area contributed by atoms with Crippen LogP contribution >= 0.6 is 0 Å². The first-order valence-electron chi connectivity index (χ1n) is 11.4. The zero-order valence-electron chi connectivity index (χ0n) is 18.5. The topological polar surface area (TPSA) is 88.0 Å². The molecule has 1 aliphatic carbocycles. The highest BCUT2D eigenvalue weighted by atomic mass is 16.6. The molecule has 8 heteroatoms. The number of amides is 1. The van der Waals surface area contributed by atoms with Crippen LogP contribution in [0.3, 0.4) is 0 Å². The maximum atomic E-state index is 12.9. The Balaban J connectivity index is 1.35. The van der Waals surface area contributed by atoms with E-state index in [1.807, 2.05) is 35.2 Å². The van der Waals surface area contributed by atoms with E-state index in [1.165, 1.54) is 0 Å². The molecule has 2 aromatic carbocycles. The summed E-state index contributed by atoms with van der Waals surface area (Å²) in [6, 6.07) is 12.9. The largest absolute Gasteiger partial charge is 0.494 e. The molecule has 0 radical (unpaired) electrons. The highest BCUT2D eigenvalue weighted by Crippen LogP contribution is 2.34. The first kappa shape index (κ1) is 21.9. The lowest BCUT2D eigenvalue weighted by Gasteiger charge is -2.36. The van der Waals surface area contributed by atoms with Crippen LogP contribution in [-0.2, 0) is 0 Å². The molecule has 170 valence electrons. The lowest BCUT2D eigenvalue weighted by Crippen LogP contribution is -2.48. The Morgan fingerprint density at radius 3 is 2.47 bits per heavy atom. The first-order chi connectivity index (χ1) is 15.5. The summed E-state index contributed by atoms with van der Waals surface area (Å²) in [7, 11) is 0. The summed E-state index contributed by atoms with van der Waals surface area (Å²) in [5, 5.41) is 14.6. The van der Waals surface area contributed by atoms with Gasteiger partial charge in [-0.15, -0.1) is 0 Å². The van der Waals surface area contributed by atoms with Crippen LogP contribution in [-0.4, -0.2) is 54.6 Å². The molecular weight excluding hydrogens is 408 g/mol. The second-order valence-corrected chi connectivity index (χ2v) is 8.38. The number of benzene rings is 2. The Morgan fingerprint density at radius 1 is 1.12 bits per heavy atom. The predicted molar refractivity (Wildman–Crippen MR) is 125 cm³/mol. The van der Waals surface area contributed by atoms with Crippen LogP contribution < -0.4 is 15.0 Å². The van der Waals surface area contributed by atoms with Gasteiger partial charge in [0.2, 0.25) is 0 Å². The van der Waals surface area contributed by atoms with Crippen molar-refractivity contribution in [2.45, 2.75) is 38.6 Å². The molecule has 1 saturated carbocycles. The average molecular weight is 439 g/mol. The van der Waals surface area contributed by atoms with Gasteiger partial charge in [-0.3, -0.25) is 14.9 Å². The average Bonchev–Trinajstić information content (AvgIpc) is 3.63. The van der Waals surface area contributed by atoms with Gasteiger partial charge in [0.25, 0.3) is 11.6 Å². The highest BCUT2D eigenvalue weighted by Gasteiger charge is 2.27. The number of rotatable bonds is 9. The van der Waals surface area contributed by atoms with E-state index in [9.17, 15) is 14.9 Å². The molecule has 0 aromatic heterocycles. The quantitative estimate of drug-likeness (QED) is 0.357. The van der Waals surface area contributed by atoms with E-state index in [0.717, 1.165) is 37.1 Å². The summed E-state index contributed by atoms with van der Waals surface area (Å²) in [6.07, 6.45) is 4.20. The molecule has 32 heavy (non-hydrogen) atoms.